The summed E-state index contributed by atoms with van der Waals surface area (Å²) < 4.78 is 33.9. The summed E-state index contributed by atoms with van der Waals surface area (Å²) in [6.45, 7) is 0. The molecular weight excluding hydrogens is 388 g/mol. The van der Waals surface area contributed by atoms with Crippen LogP contribution in [0.4, 0.5) is 14.5 Å². The molecule has 4 aromatic rings. The van der Waals surface area contributed by atoms with Gasteiger partial charge in [-0.05, 0) is 66.7 Å². The van der Waals surface area contributed by atoms with E-state index in [1.54, 1.807) is 31.4 Å². The zero-order chi connectivity index (χ0) is 21.1. The second-order valence-corrected chi connectivity index (χ2v) is 6.47. The SMILES string of the molecule is COc1ccc(-c2cc(C(=O)Nc3ccccc3F)n(-c3ccc(F)cc3)n2)cc1. The molecule has 1 N–H and O–H groups in total. The number of rotatable bonds is 5. The van der Waals surface area contributed by atoms with Crippen molar-refractivity contribution in [3.05, 3.63) is 96.2 Å². The van der Waals surface area contributed by atoms with Crippen molar-refractivity contribution < 1.29 is 18.3 Å². The molecule has 0 aliphatic heterocycles. The van der Waals surface area contributed by atoms with Crippen LogP contribution in [0.25, 0.3) is 16.9 Å². The van der Waals surface area contributed by atoms with Gasteiger partial charge in [0.25, 0.3) is 5.91 Å². The fourth-order valence-electron chi connectivity index (χ4n) is 2.97. The van der Waals surface area contributed by atoms with Crippen LogP contribution in [0, 0.1) is 11.6 Å². The molecule has 0 aliphatic carbocycles. The predicted molar refractivity (Wildman–Crippen MR) is 110 cm³/mol. The summed E-state index contributed by atoms with van der Waals surface area (Å²) >= 11 is 0. The molecule has 30 heavy (non-hydrogen) atoms. The second-order valence-electron chi connectivity index (χ2n) is 6.47. The number of aromatic nitrogens is 2. The third-order valence-electron chi connectivity index (χ3n) is 4.52. The van der Waals surface area contributed by atoms with Crippen molar-refractivity contribution in [2.24, 2.45) is 0 Å². The molecule has 7 heteroatoms. The van der Waals surface area contributed by atoms with E-state index in [9.17, 15) is 13.6 Å². The van der Waals surface area contributed by atoms with Crippen LogP contribution in [0.5, 0.6) is 5.75 Å². The van der Waals surface area contributed by atoms with Crippen LogP contribution in [-0.4, -0.2) is 22.8 Å². The first-order valence-corrected chi connectivity index (χ1v) is 9.11. The first-order chi connectivity index (χ1) is 14.5. The number of nitrogens with zero attached hydrogens (tertiary/aromatic N) is 2. The summed E-state index contributed by atoms with van der Waals surface area (Å²) in [5.41, 5.74) is 2.02. The van der Waals surface area contributed by atoms with Gasteiger partial charge in [0.05, 0.1) is 24.2 Å². The summed E-state index contributed by atoms with van der Waals surface area (Å²) in [7, 11) is 1.57. The highest BCUT2D eigenvalue weighted by molar-refractivity contribution is 6.04. The minimum absolute atomic E-state index is 0.0559. The van der Waals surface area contributed by atoms with Gasteiger partial charge in [0.15, 0.2) is 0 Å². The van der Waals surface area contributed by atoms with E-state index in [-0.39, 0.29) is 11.4 Å². The molecule has 3 aromatic carbocycles. The number of amides is 1. The number of nitrogens with one attached hydrogen (secondary N) is 1. The number of hydrogen-bond acceptors (Lipinski definition) is 3. The van der Waals surface area contributed by atoms with Crippen molar-refractivity contribution in [3.8, 4) is 22.7 Å². The van der Waals surface area contributed by atoms with E-state index in [1.165, 1.54) is 47.1 Å². The molecular formula is C23H17F2N3O2. The molecule has 0 saturated heterocycles. The number of carbonyl (C=O) groups excluding carboxylic acids is 1. The third kappa shape index (κ3) is 3.91. The number of methoxy groups -OCH3 is 1. The monoisotopic (exact) mass is 405 g/mol. The van der Waals surface area contributed by atoms with Gasteiger partial charge in [0.1, 0.15) is 23.1 Å². The van der Waals surface area contributed by atoms with Gasteiger partial charge in [-0.3, -0.25) is 4.79 Å². The van der Waals surface area contributed by atoms with Crippen LogP contribution >= 0.6 is 0 Å². The lowest BCUT2D eigenvalue weighted by Crippen LogP contribution is -2.17. The maximum absolute atomic E-state index is 14.0. The predicted octanol–water partition coefficient (Wildman–Crippen LogP) is 5.08. The zero-order valence-electron chi connectivity index (χ0n) is 16.0. The zero-order valence-corrected chi connectivity index (χ0v) is 16.0. The van der Waals surface area contributed by atoms with Crippen molar-refractivity contribution in [1.29, 1.82) is 0 Å². The Labute approximate surface area is 171 Å². The summed E-state index contributed by atoms with van der Waals surface area (Å²) in [4.78, 5) is 12.9. The van der Waals surface area contributed by atoms with Crippen LogP contribution in [0.2, 0.25) is 0 Å². The minimum Gasteiger partial charge on any atom is -0.497 e. The van der Waals surface area contributed by atoms with Gasteiger partial charge in [-0.1, -0.05) is 12.1 Å². The number of ether oxygens (including phenoxy) is 1. The van der Waals surface area contributed by atoms with Gasteiger partial charge in [-0.15, -0.1) is 0 Å². The lowest BCUT2D eigenvalue weighted by atomic mass is 10.1. The molecule has 0 radical (unpaired) electrons. The lowest BCUT2D eigenvalue weighted by molar-refractivity contribution is 0.101. The molecule has 5 nitrogen and oxygen atoms in total. The molecule has 150 valence electrons. The van der Waals surface area contributed by atoms with E-state index >= 15 is 0 Å². The second kappa shape index (κ2) is 8.16. The Hall–Kier alpha value is -4.00. The molecule has 0 atom stereocenters. The van der Waals surface area contributed by atoms with Crippen LogP contribution in [0.15, 0.2) is 78.9 Å². The van der Waals surface area contributed by atoms with E-state index in [1.807, 2.05) is 12.1 Å². The Morgan fingerprint density at radius 2 is 1.67 bits per heavy atom. The Morgan fingerprint density at radius 1 is 0.967 bits per heavy atom. The fraction of sp³-hybridized carbons (Fsp3) is 0.0435. The van der Waals surface area contributed by atoms with Gasteiger partial charge in [-0.25, -0.2) is 13.5 Å². The van der Waals surface area contributed by atoms with Gasteiger partial charge in [-0.2, -0.15) is 5.10 Å². The van der Waals surface area contributed by atoms with Crippen molar-refractivity contribution in [3.63, 3.8) is 0 Å². The molecule has 0 aliphatic rings. The van der Waals surface area contributed by atoms with Crippen LogP contribution < -0.4 is 10.1 Å². The number of carbonyl (C=O) groups is 1. The fourth-order valence-corrected chi connectivity index (χ4v) is 2.97. The summed E-state index contributed by atoms with van der Waals surface area (Å²) in [6.07, 6.45) is 0. The highest BCUT2D eigenvalue weighted by atomic mass is 19.1. The first kappa shape index (κ1) is 19.3. The van der Waals surface area contributed by atoms with Crippen molar-refractivity contribution in [1.82, 2.24) is 9.78 Å². The van der Waals surface area contributed by atoms with Gasteiger partial charge >= 0.3 is 0 Å². The molecule has 0 saturated carbocycles. The third-order valence-corrected chi connectivity index (χ3v) is 4.52. The Bertz CT molecular complexity index is 1190. The number of para-hydroxylation sites is 1. The van der Waals surface area contributed by atoms with E-state index in [0.717, 1.165) is 5.56 Å². The molecule has 0 spiro atoms. The maximum atomic E-state index is 14.0. The molecule has 0 unspecified atom stereocenters. The average Bonchev–Trinajstić information content (AvgIpc) is 3.21. The van der Waals surface area contributed by atoms with Gasteiger partial charge < -0.3 is 10.1 Å². The van der Waals surface area contributed by atoms with Crippen LogP contribution in [0.1, 0.15) is 10.5 Å². The number of benzene rings is 3. The summed E-state index contributed by atoms with van der Waals surface area (Å²) in [6, 6.07) is 20.3. The number of halogens is 2. The molecule has 0 fully saturated rings. The van der Waals surface area contributed by atoms with E-state index in [2.05, 4.69) is 10.4 Å². The smallest absolute Gasteiger partial charge is 0.274 e. The van der Waals surface area contributed by atoms with E-state index in [4.69, 9.17) is 4.74 Å². The van der Waals surface area contributed by atoms with Gasteiger partial charge in [0.2, 0.25) is 0 Å². The molecule has 1 aromatic heterocycles. The number of hydrogen-bond donors (Lipinski definition) is 1. The normalized spacial score (nSPS) is 10.6. The Kier molecular flexibility index (Phi) is 5.26. The molecule has 4 rings (SSSR count). The molecule has 1 amide bonds. The largest absolute Gasteiger partial charge is 0.497 e. The molecule has 0 bridgehead atoms. The first-order valence-electron chi connectivity index (χ1n) is 9.11. The standard InChI is InChI=1S/C23H17F2N3O2/c1-30-18-12-6-15(7-13-18)21-14-22(23(29)26-20-5-3-2-4-19(20)25)28(27-21)17-10-8-16(24)9-11-17/h2-14H,1H3,(H,26,29). The minimum atomic E-state index is -0.547. The number of anilines is 1. The van der Waals surface area contributed by atoms with Crippen LogP contribution in [0.3, 0.4) is 0 Å². The highest BCUT2D eigenvalue weighted by Gasteiger charge is 2.19. The topological polar surface area (TPSA) is 56.1 Å². The average molecular weight is 405 g/mol. The van der Waals surface area contributed by atoms with Crippen molar-refractivity contribution >= 4 is 11.6 Å². The quantitative estimate of drug-likeness (QED) is 0.504. The van der Waals surface area contributed by atoms with Crippen molar-refractivity contribution in [2.75, 3.05) is 12.4 Å². The highest BCUT2D eigenvalue weighted by Crippen LogP contribution is 2.25. The maximum Gasteiger partial charge on any atom is 0.274 e. The summed E-state index contributed by atoms with van der Waals surface area (Å²) in [5, 5.41) is 7.08. The van der Waals surface area contributed by atoms with E-state index < -0.39 is 17.5 Å². The Balaban J connectivity index is 1.76. The van der Waals surface area contributed by atoms with E-state index in [0.29, 0.717) is 17.1 Å². The Morgan fingerprint density at radius 3 is 2.33 bits per heavy atom. The summed E-state index contributed by atoms with van der Waals surface area (Å²) in [5.74, 6) is -0.807. The molecule has 1 heterocycles. The van der Waals surface area contributed by atoms with Gasteiger partial charge in [0, 0.05) is 5.56 Å². The lowest BCUT2D eigenvalue weighted by Gasteiger charge is -2.09. The van der Waals surface area contributed by atoms with Crippen molar-refractivity contribution in [2.45, 2.75) is 0 Å². The van der Waals surface area contributed by atoms with Crippen LogP contribution in [-0.2, 0) is 0 Å².